The molecule has 0 aliphatic carbocycles. The van der Waals surface area contributed by atoms with Gasteiger partial charge in [0.05, 0.1) is 6.61 Å². The number of hydrogen-bond donors (Lipinski definition) is 2. The van der Waals surface area contributed by atoms with E-state index in [-0.39, 0.29) is 12.5 Å². The molecule has 2 N–H and O–H groups in total. The Balaban J connectivity index is 2.58. The summed E-state index contributed by atoms with van der Waals surface area (Å²) >= 11 is 0. The lowest BCUT2D eigenvalue weighted by molar-refractivity contribution is -0.165. The maximum absolute atomic E-state index is 12.3. The minimum Gasteiger partial charge on any atom is -0.395 e. The summed E-state index contributed by atoms with van der Waals surface area (Å²) in [7, 11) is 0. The predicted octanol–water partition coefficient (Wildman–Crippen LogP) is 0.369. The third-order valence-electron chi connectivity index (χ3n) is 2.74. The van der Waals surface area contributed by atoms with Gasteiger partial charge >= 0.3 is 6.18 Å². The van der Waals surface area contributed by atoms with E-state index >= 15 is 0 Å². The first-order valence-electron chi connectivity index (χ1n) is 5.61. The molecule has 0 atom stereocenters. The number of nitrogens with one attached hydrogen (secondary N) is 1. The Labute approximate surface area is 97.8 Å². The van der Waals surface area contributed by atoms with E-state index in [4.69, 9.17) is 5.11 Å². The Bertz CT molecular complexity index is 252. The lowest BCUT2D eigenvalue weighted by atomic mass is 9.96. The second-order valence-electron chi connectivity index (χ2n) is 4.12. The van der Waals surface area contributed by atoms with Crippen LogP contribution < -0.4 is 5.32 Å². The van der Waals surface area contributed by atoms with E-state index in [0.717, 1.165) is 0 Å². The molecular formula is C10H17F3N2O2. The van der Waals surface area contributed by atoms with E-state index in [1.165, 1.54) is 0 Å². The Kier molecular flexibility index (Phi) is 5.20. The molecule has 1 rings (SSSR count). The molecule has 1 aliphatic rings. The molecule has 0 aromatic carbocycles. The Hall–Kier alpha value is -0.820. The van der Waals surface area contributed by atoms with Crippen LogP contribution in [0.4, 0.5) is 13.2 Å². The monoisotopic (exact) mass is 254 g/mol. The lowest BCUT2D eigenvalue weighted by Gasteiger charge is -2.29. The second kappa shape index (κ2) is 6.20. The minimum atomic E-state index is -4.42. The highest BCUT2D eigenvalue weighted by Crippen LogP contribution is 2.20. The van der Waals surface area contributed by atoms with Gasteiger partial charge in [-0.2, -0.15) is 13.2 Å². The first-order chi connectivity index (χ1) is 7.94. The Morgan fingerprint density at radius 2 is 1.94 bits per heavy atom. The number of halogens is 3. The summed E-state index contributed by atoms with van der Waals surface area (Å²) in [5.74, 6) is -0.858. The molecule has 7 heteroatoms. The fourth-order valence-electron chi connectivity index (χ4n) is 1.93. The first-order valence-corrected chi connectivity index (χ1v) is 5.61. The lowest BCUT2D eigenvalue weighted by Crippen LogP contribution is -2.46. The van der Waals surface area contributed by atoms with Gasteiger partial charge < -0.3 is 15.3 Å². The van der Waals surface area contributed by atoms with E-state index in [0.29, 0.717) is 30.8 Å². The number of carbonyl (C=O) groups excluding carboxylic acids is 1. The molecule has 4 nitrogen and oxygen atoms in total. The van der Waals surface area contributed by atoms with Gasteiger partial charge in [-0.05, 0) is 25.9 Å². The molecule has 0 spiro atoms. The predicted molar refractivity (Wildman–Crippen MR) is 55.3 cm³/mol. The van der Waals surface area contributed by atoms with Gasteiger partial charge in [0, 0.05) is 12.5 Å². The zero-order valence-corrected chi connectivity index (χ0v) is 9.46. The van der Waals surface area contributed by atoms with Crippen molar-refractivity contribution in [2.75, 3.05) is 32.8 Å². The number of nitrogens with zero attached hydrogens (tertiary/aromatic N) is 1. The number of aliphatic hydroxyl groups excluding tert-OH is 1. The molecule has 1 fully saturated rings. The van der Waals surface area contributed by atoms with Gasteiger partial charge in [-0.3, -0.25) is 4.79 Å². The van der Waals surface area contributed by atoms with Crippen LogP contribution >= 0.6 is 0 Å². The molecule has 0 unspecified atom stereocenters. The normalized spacial score (nSPS) is 18.1. The molecule has 0 aromatic heterocycles. The summed E-state index contributed by atoms with van der Waals surface area (Å²) < 4.78 is 36.8. The summed E-state index contributed by atoms with van der Waals surface area (Å²) in [6.45, 7) is -0.698. The molecule has 0 radical (unpaired) electrons. The fourth-order valence-corrected chi connectivity index (χ4v) is 1.93. The number of amides is 1. The van der Waals surface area contributed by atoms with Crippen molar-refractivity contribution in [2.45, 2.75) is 19.0 Å². The first kappa shape index (κ1) is 14.2. The molecule has 0 bridgehead atoms. The van der Waals surface area contributed by atoms with Crippen LogP contribution in [0, 0.1) is 5.92 Å². The zero-order chi connectivity index (χ0) is 12.9. The molecule has 0 aromatic rings. The van der Waals surface area contributed by atoms with Gasteiger partial charge in [-0.15, -0.1) is 0 Å². The van der Waals surface area contributed by atoms with Gasteiger partial charge in [-0.1, -0.05) is 0 Å². The van der Waals surface area contributed by atoms with Crippen molar-refractivity contribution in [3.8, 4) is 0 Å². The number of aliphatic hydroxyl groups is 1. The Morgan fingerprint density at radius 1 is 1.35 bits per heavy atom. The zero-order valence-electron chi connectivity index (χ0n) is 9.46. The molecule has 1 saturated heterocycles. The molecule has 0 saturated carbocycles. The smallest absolute Gasteiger partial charge is 0.395 e. The third-order valence-corrected chi connectivity index (χ3v) is 2.74. The van der Waals surface area contributed by atoms with Crippen molar-refractivity contribution in [1.82, 2.24) is 10.2 Å². The molecule has 1 heterocycles. The van der Waals surface area contributed by atoms with Crippen LogP contribution in [0.2, 0.25) is 0 Å². The van der Waals surface area contributed by atoms with Crippen molar-refractivity contribution >= 4 is 5.91 Å². The van der Waals surface area contributed by atoms with E-state index < -0.39 is 25.2 Å². The van der Waals surface area contributed by atoms with Gasteiger partial charge in [0.25, 0.3) is 0 Å². The van der Waals surface area contributed by atoms with E-state index in [1.807, 2.05) is 0 Å². The summed E-state index contributed by atoms with van der Waals surface area (Å²) in [4.78, 5) is 12.6. The molecule has 1 aliphatic heterocycles. The van der Waals surface area contributed by atoms with Crippen LogP contribution in [0.25, 0.3) is 0 Å². The largest absolute Gasteiger partial charge is 0.406 e. The van der Waals surface area contributed by atoms with Crippen LogP contribution in [0.1, 0.15) is 12.8 Å². The van der Waals surface area contributed by atoms with Crippen LogP contribution in [-0.4, -0.2) is 54.9 Å². The van der Waals surface area contributed by atoms with Gasteiger partial charge in [-0.25, -0.2) is 0 Å². The van der Waals surface area contributed by atoms with Crippen LogP contribution in [0.3, 0.4) is 0 Å². The number of hydrogen-bond acceptors (Lipinski definition) is 3. The maximum atomic E-state index is 12.3. The van der Waals surface area contributed by atoms with Crippen LogP contribution in [-0.2, 0) is 4.79 Å². The van der Waals surface area contributed by atoms with Crippen molar-refractivity contribution in [3.63, 3.8) is 0 Å². The van der Waals surface area contributed by atoms with Crippen LogP contribution in [0.15, 0.2) is 0 Å². The molecule has 17 heavy (non-hydrogen) atoms. The SMILES string of the molecule is O=C(C1CCNCC1)N(CCO)CC(F)(F)F. The summed E-state index contributed by atoms with van der Waals surface area (Å²) in [6, 6.07) is 0. The highest BCUT2D eigenvalue weighted by Gasteiger charge is 2.35. The molecule has 100 valence electrons. The average Bonchev–Trinajstić information content (AvgIpc) is 2.27. The number of carbonyl (C=O) groups is 1. The molecular weight excluding hydrogens is 237 g/mol. The van der Waals surface area contributed by atoms with Gasteiger partial charge in [0.2, 0.25) is 5.91 Å². The third kappa shape index (κ3) is 4.91. The summed E-state index contributed by atoms with van der Waals surface area (Å²) in [5, 5.41) is 11.8. The van der Waals surface area contributed by atoms with E-state index in [9.17, 15) is 18.0 Å². The minimum absolute atomic E-state index is 0.262. The fraction of sp³-hybridized carbons (Fsp3) is 0.900. The van der Waals surface area contributed by atoms with Gasteiger partial charge in [0.15, 0.2) is 0 Å². The summed E-state index contributed by atoms with van der Waals surface area (Å²) in [6.07, 6.45) is -3.31. The number of alkyl halides is 3. The van der Waals surface area contributed by atoms with Crippen molar-refractivity contribution < 1.29 is 23.1 Å². The molecule has 1 amide bonds. The highest BCUT2D eigenvalue weighted by molar-refractivity contribution is 5.79. The number of piperidine rings is 1. The average molecular weight is 254 g/mol. The quantitative estimate of drug-likeness (QED) is 0.762. The second-order valence-corrected chi connectivity index (χ2v) is 4.12. The highest BCUT2D eigenvalue weighted by atomic mass is 19.4. The van der Waals surface area contributed by atoms with Gasteiger partial charge in [0.1, 0.15) is 6.54 Å². The topological polar surface area (TPSA) is 52.6 Å². The summed E-state index contributed by atoms with van der Waals surface area (Å²) in [5.41, 5.74) is 0. The van der Waals surface area contributed by atoms with Crippen LogP contribution in [0.5, 0.6) is 0 Å². The van der Waals surface area contributed by atoms with E-state index in [2.05, 4.69) is 5.32 Å². The maximum Gasteiger partial charge on any atom is 0.406 e. The van der Waals surface area contributed by atoms with E-state index in [1.54, 1.807) is 0 Å². The van der Waals surface area contributed by atoms with Crippen molar-refractivity contribution in [1.29, 1.82) is 0 Å². The Morgan fingerprint density at radius 3 is 2.41 bits per heavy atom. The standard InChI is InChI=1S/C10H17F3N2O2/c11-10(12,13)7-15(5-6-16)9(17)8-1-3-14-4-2-8/h8,14,16H,1-7H2. The number of rotatable bonds is 4. The van der Waals surface area contributed by atoms with Crippen molar-refractivity contribution in [3.05, 3.63) is 0 Å². The van der Waals surface area contributed by atoms with Crippen molar-refractivity contribution in [2.24, 2.45) is 5.92 Å².